The normalized spacial score (nSPS) is 23.9. The minimum absolute atomic E-state index is 0.189. The van der Waals surface area contributed by atoms with Gasteiger partial charge in [0.2, 0.25) is 0 Å². The second-order valence-electron chi connectivity index (χ2n) is 5.13. The molecule has 86 valence electrons. The fraction of sp³-hybridized carbons (Fsp3) is 0.462. The summed E-state index contributed by atoms with van der Waals surface area (Å²) in [5.74, 6) is -0.189. The molecule has 3 nitrogen and oxygen atoms in total. The summed E-state index contributed by atoms with van der Waals surface area (Å²) in [5, 5.41) is 3.11. The Kier molecular flexibility index (Phi) is 2.50. The molecule has 1 heterocycles. The predicted molar refractivity (Wildman–Crippen MR) is 62.0 cm³/mol. The average molecular weight is 219 g/mol. The molecule has 0 bridgehead atoms. The lowest BCUT2D eigenvalue weighted by atomic mass is 9.99. The first kappa shape index (κ1) is 11.1. The number of nitrogens with one attached hydrogen (secondary N) is 1. The van der Waals surface area contributed by atoms with E-state index in [1.54, 1.807) is 0 Å². The summed E-state index contributed by atoms with van der Waals surface area (Å²) in [6, 6.07) is 9.70. The third-order valence-electron chi connectivity index (χ3n) is 2.54. The molecule has 1 atom stereocenters. The number of esters is 1. The molecule has 1 aromatic rings. The van der Waals surface area contributed by atoms with Crippen LogP contribution in [0.3, 0.4) is 0 Å². The van der Waals surface area contributed by atoms with Crippen LogP contribution >= 0.6 is 0 Å². The molecular weight excluding hydrogens is 202 g/mol. The van der Waals surface area contributed by atoms with E-state index in [2.05, 4.69) is 5.32 Å². The maximum atomic E-state index is 12.1. The van der Waals surface area contributed by atoms with E-state index in [1.807, 2.05) is 51.1 Å². The van der Waals surface area contributed by atoms with Gasteiger partial charge < -0.3 is 4.74 Å². The van der Waals surface area contributed by atoms with Gasteiger partial charge in [0.25, 0.3) is 0 Å². The first-order valence-corrected chi connectivity index (χ1v) is 5.48. The summed E-state index contributed by atoms with van der Waals surface area (Å²) in [6.07, 6.45) is 0. The van der Waals surface area contributed by atoms with Crippen molar-refractivity contribution < 1.29 is 9.53 Å². The van der Waals surface area contributed by atoms with Crippen LogP contribution in [-0.2, 0) is 15.1 Å². The molecule has 0 aliphatic carbocycles. The smallest absolute Gasteiger partial charge is 0.332 e. The molecular formula is C13H17NO2. The van der Waals surface area contributed by atoms with E-state index in [1.165, 1.54) is 0 Å². The zero-order valence-electron chi connectivity index (χ0n) is 9.91. The Balaban J connectivity index is 2.18. The Bertz CT molecular complexity index is 388. The van der Waals surface area contributed by atoms with E-state index in [9.17, 15) is 4.79 Å². The molecule has 0 aromatic heterocycles. The van der Waals surface area contributed by atoms with Gasteiger partial charge in [-0.1, -0.05) is 30.3 Å². The molecule has 1 aliphatic rings. The van der Waals surface area contributed by atoms with Crippen molar-refractivity contribution in [1.29, 1.82) is 0 Å². The topological polar surface area (TPSA) is 48.2 Å². The van der Waals surface area contributed by atoms with Crippen molar-refractivity contribution in [1.82, 2.24) is 5.32 Å². The van der Waals surface area contributed by atoms with Crippen LogP contribution in [0.25, 0.3) is 0 Å². The van der Waals surface area contributed by atoms with Gasteiger partial charge in [0, 0.05) is 6.54 Å². The first-order valence-electron chi connectivity index (χ1n) is 5.48. The molecule has 1 saturated heterocycles. The van der Waals surface area contributed by atoms with Gasteiger partial charge in [0.05, 0.1) is 0 Å². The number of hydrogen-bond acceptors (Lipinski definition) is 3. The van der Waals surface area contributed by atoms with Gasteiger partial charge in [-0.25, -0.2) is 4.79 Å². The zero-order chi connectivity index (χ0) is 11.8. The lowest BCUT2D eigenvalue weighted by Gasteiger charge is -2.23. The van der Waals surface area contributed by atoms with E-state index in [-0.39, 0.29) is 5.97 Å². The van der Waals surface area contributed by atoms with E-state index in [0.717, 1.165) is 5.56 Å². The van der Waals surface area contributed by atoms with Crippen LogP contribution in [0.15, 0.2) is 30.3 Å². The Morgan fingerprint density at radius 3 is 2.31 bits per heavy atom. The Labute approximate surface area is 95.8 Å². The third kappa shape index (κ3) is 2.09. The maximum Gasteiger partial charge on any atom is 0.332 e. The highest BCUT2D eigenvalue weighted by Crippen LogP contribution is 2.33. The summed E-state index contributed by atoms with van der Waals surface area (Å²) in [7, 11) is 0. The van der Waals surface area contributed by atoms with Gasteiger partial charge in [-0.2, -0.15) is 0 Å². The molecule has 1 fully saturated rings. The first-order chi connectivity index (χ1) is 7.44. The van der Waals surface area contributed by atoms with Crippen molar-refractivity contribution in [2.24, 2.45) is 0 Å². The van der Waals surface area contributed by atoms with E-state index < -0.39 is 11.1 Å². The molecule has 3 heteroatoms. The molecule has 2 rings (SSSR count). The van der Waals surface area contributed by atoms with E-state index in [4.69, 9.17) is 4.74 Å². The lowest BCUT2D eigenvalue weighted by molar-refractivity contribution is -0.158. The second-order valence-corrected chi connectivity index (χ2v) is 5.13. The summed E-state index contributed by atoms with van der Waals surface area (Å²) in [4.78, 5) is 12.1. The molecule has 16 heavy (non-hydrogen) atoms. The highest BCUT2D eigenvalue weighted by molar-refractivity contribution is 5.86. The molecule has 0 radical (unpaired) electrons. The van der Waals surface area contributed by atoms with Gasteiger partial charge in [-0.15, -0.1) is 0 Å². The van der Waals surface area contributed by atoms with Crippen molar-refractivity contribution >= 4 is 5.97 Å². The Morgan fingerprint density at radius 1 is 1.31 bits per heavy atom. The molecule has 1 aliphatic heterocycles. The SMILES string of the molecule is CC(C)(C)OC(=O)[C@]1(c2ccccc2)CN1. The van der Waals surface area contributed by atoms with Crippen LogP contribution in [0.4, 0.5) is 0 Å². The standard InChI is InChI=1S/C13H17NO2/c1-12(2,3)16-11(15)13(9-14-13)10-7-5-4-6-8-10/h4-8,14H,9H2,1-3H3/t13-/m1/s1. The van der Waals surface area contributed by atoms with Crippen molar-refractivity contribution in [3.63, 3.8) is 0 Å². The van der Waals surface area contributed by atoms with E-state index in [0.29, 0.717) is 6.54 Å². The molecule has 0 saturated carbocycles. The summed E-state index contributed by atoms with van der Waals surface area (Å²) >= 11 is 0. The van der Waals surface area contributed by atoms with Gasteiger partial charge >= 0.3 is 5.97 Å². The number of carbonyl (C=O) groups is 1. The average Bonchev–Trinajstić information content (AvgIpc) is 2.97. The second kappa shape index (κ2) is 3.59. The van der Waals surface area contributed by atoms with Crippen LogP contribution in [0.2, 0.25) is 0 Å². The molecule has 1 N–H and O–H groups in total. The monoisotopic (exact) mass is 219 g/mol. The van der Waals surface area contributed by atoms with Crippen molar-refractivity contribution in [3.8, 4) is 0 Å². The Morgan fingerprint density at radius 2 is 1.88 bits per heavy atom. The maximum absolute atomic E-state index is 12.1. The van der Waals surface area contributed by atoms with Crippen molar-refractivity contribution in [2.75, 3.05) is 6.54 Å². The highest BCUT2D eigenvalue weighted by atomic mass is 16.6. The fourth-order valence-corrected chi connectivity index (χ4v) is 1.64. The number of carbonyl (C=O) groups excluding carboxylic acids is 1. The Hall–Kier alpha value is -1.35. The molecule has 1 aromatic carbocycles. The number of rotatable bonds is 2. The van der Waals surface area contributed by atoms with Crippen molar-refractivity contribution in [3.05, 3.63) is 35.9 Å². The van der Waals surface area contributed by atoms with Crippen LogP contribution in [0, 0.1) is 0 Å². The molecule has 0 amide bonds. The highest BCUT2D eigenvalue weighted by Gasteiger charge is 2.53. The minimum Gasteiger partial charge on any atom is -0.458 e. The fourth-order valence-electron chi connectivity index (χ4n) is 1.64. The number of hydrogen-bond donors (Lipinski definition) is 1. The zero-order valence-corrected chi connectivity index (χ0v) is 9.91. The number of ether oxygens (including phenoxy) is 1. The predicted octanol–water partition coefficient (Wildman–Crippen LogP) is 1.83. The largest absolute Gasteiger partial charge is 0.458 e. The van der Waals surface area contributed by atoms with E-state index >= 15 is 0 Å². The third-order valence-corrected chi connectivity index (χ3v) is 2.54. The summed E-state index contributed by atoms with van der Waals surface area (Å²) < 4.78 is 5.42. The lowest BCUT2D eigenvalue weighted by Crippen LogP contribution is -2.34. The summed E-state index contributed by atoms with van der Waals surface area (Å²) in [5.41, 5.74) is -0.0678. The van der Waals surface area contributed by atoms with Crippen LogP contribution in [-0.4, -0.2) is 18.1 Å². The quantitative estimate of drug-likeness (QED) is 0.609. The van der Waals surface area contributed by atoms with Gasteiger partial charge in [0.1, 0.15) is 5.60 Å². The summed E-state index contributed by atoms with van der Waals surface area (Å²) in [6.45, 7) is 6.30. The van der Waals surface area contributed by atoms with Crippen LogP contribution in [0.5, 0.6) is 0 Å². The molecule has 0 spiro atoms. The number of benzene rings is 1. The van der Waals surface area contributed by atoms with Crippen molar-refractivity contribution in [2.45, 2.75) is 31.9 Å². The van der Waals surface area contributed by atoms with Crippen LogP contribution in [0.1, 0.15) is 26.3 Å². The van der Waals surface area contributed by atoms with Gasteiger partial charge in [-0.05, 0) is 26.3 Å². The van der Waals surface area contributed by atoms with Crippen LogP contribution < -0.4 is 5.32 Å². The minimum atomic E-state index is -0.603. The molecule has 0 unspecified atom stereocenters. The van der Waals surface area contributed by atoms with Gasteiger partial charge in [0.15, 0.2) is 5.54 Å². The van der Waals surface area contributed by atoms with Gasteiger partial charge in [-0.3, -0.25) is 5.32 Å².